The number of nitriles is 1. The molecule has 1 heterocycles. The van der Waals surface area contributed by atoms with Crippen LogP contribution in [-0.4, -0.2) is 15.8 Å². The summed E-state index contributed by atoms with van der Waals surface area (Å²) in [5, 5.41) is 17.0. The third-order valence-electron chi connectivity index (χ3n) is 3.93. The molecule has 0 aromatic carbocycles. The maximum atomic E-state index is 9.20. The molecule has 0 bridgehead atoms. The minimum Gasteiger partial charge on any atom is -0.366 e. The Morgan fingerprint density at radius 2 is 2.11 bits per heavy atom. The van der Waals surface area contributed by atoms with E-state index >= 15 is 0 Å². The highest BCUT2D eigenvalue weighted by Crippen LogP contribution is 2.26. The predicted molar refractivity (Wildman–Crippen MR) is 72.3 cm³/mol. The van der Waals surface area contributed by atoms with Crippen LogP contribution in [0, 0.1) is 24.2 Å². The number of rotatable bonds is 2. The summed E-state index contributed by atoms with van der Waals surface area (Å²) < 4.78 is 1.79. The van der Waals surface area contributed by atoms with Crippen LogP contribution in [0.25, 0.3) is 0 Å². The molecule has 1 N–H and O–H groups in total. The molecule has 4 nitrogen and oxygen atoms in total. The summed E-state index contributed by atoms with van der Waals surface area (Å²) in [7, 11) is 1.90. The molecule has 2 rings (SSSR count). The van der Waals surface area contributed by atoms with Gasteiger partial charge in [-0.1, -0.05) is 19.8 Å². The monoisotopic (exact) mass is 246 g/mol. The van der Waals surface area contributed by atoms with Gasteiger partial charge in [-0.15, -0.1) is 0 Å². The second-order valence-electron chi connectivity index (χ2n) is 5.50. The lowest BCUT2D eigenvalue weighted by molar-refractivity contribution is 0.501. The first-order valence-corrected chi connectivity index (χ1v) is 6.82. The van der Waals surface area contributed by atoms with Crippen LogP contribution in [-0.2, 0) is 7.05 Å². The minimum absolute atomic E-state index is 0.483. The van der Waals surface area contributed by atoms with Gasteiger partial charge in [0.15, 0.2) is 0 Å². The maximum absolute atomic E-state index is 9.20. The molecule has 1 saturated carbocycles. The third-order valence-corrected chi connectivity index (χ3v) is 3.93. The number of nitrogens with zero attached hydrogens (tertiary/aromatic N) is 3. The molecule has 1 aliphatic rings. The Balaban J connectivity index is 2.12. The molecule has 2 unspecified atom stereocenters. The van der Waals surface area contributed by atoms with Crippen LogP contribution < -0.4 is 5.32 Å². The Labute approximate surface area is 109 Å². The summed E-state index contributed by atoms with van der Waals surface area (Å²) in [6, 6.07) is 2.74. The lowest BCUT2D eigenvalue weighted by atomic mass is 10.0. The van der Waals surface area contributed by atoms with Crippen molar-refractivity contribution in [1.82, 2.24) is 9.78 Å². The van der Waals surface area contributed by atoms with Crippen LogP contribution in [0.5, 0.6) is 0 Å². The normalized spacial score (nSPS) is 24.3. The third kappa shape index (κ3) is 2.66. The van der Waals surface area contributed by atoms with Crippen molar-refractivity contribution in [3.05, 3.63) is 11.3 Å². The van der Waals surface area contributed by atoms with Gasteiger partial charge in [-0.25, -0.2) is 0 Å². The van der Waals surface area contributed by atoms with Gasteiger partial charge in [0.25, 0.3) is 0 Å². The van der Waals surface area contributed by atoms with Gasteiger partial charge in [-0.05, 0) is 32.1 Å². The van der Waals surface area contributed by atoms with Crippen LogP contribution in [0.2, 0.25) is 0 Å². The van der Waals surface area contributed by atoms with Crippen molar-refractivity contribution in [2.24, 2.45) is 13.0 Å². The Morgan fingerprint density at radius 3 is 2.83 bits per heavy atom. The molecule has 2 atom stereocenters. The van der Waals surface area contributed by atoms with E-state index in [9.17, 15) is 5.26 Å². The molecule has 1 fully saturated rings. The van der Waals surface area contributed by atoms with E-state index < -0.39 is 0 Å². The highest BCUT2D eigenvalue weighted by Gasteiger charge is 2.20. The maximum Gasteiger partial charge on any atom is 0.142 e. The summed E-state index contributed by atoms with van der Waals surface area (Å²) in [5.41, 5.74) is 1.50. The van der Waals surface area contributed by atoms with Crippen LogP contribution in [0.1, 0.15) is 50.3 Å². The standard InChI is InChI=1S/C14H22N4/c1-10-5-4-6-12(8-7-10)16-14-13(9-15)11(2)17-18(14)3/h10,12,16H,4-8H2,1-3H3. The highest BCUT2D eigenvalue weighted by molar-refractivity contribution is 5.55. The van der Waals surface area contributed by atoms with E-state index in [0.29, 0.717) is 11.6 Å². The van der Waals surface area contributed by atoms with Gasteiger partial charge in [-0.3, -0.25) is 4.68 Å². The minimum atomic E-state index is 0.483. The summed E-state index contributed by atoms with van der Waals surface area (Å²) in [5.74, 6) is 1.72. The zero-order chi connectivity index (χ0) is 13.1. The van der Waals surface area contributed by atoms with E-state index in [0.717, 1.165) is 17.4 Å². The van der Waals surface area contributed by atoms with E-state index in [2.05, 4.69) is 23.4 Å². The fourth-order valence-corrected chi connectivity index (χ4v) is 2.78. The second-order valence-corrected chi connectivity index (χ2v) is 5.50. The first-order chi connectivity index (χ1) is 8.61. The summed E-state index contributed by atoms with van der Waals surface area (Å²) in [4.78, 5) is 0. The van der Waals surface area contributed by atoms with Crippen molar-refractivity contribution in [2.45, 2.75) is 52.0 Å². The van der Waals surface area contributed by atoms with Crippen LogP contribution >= 0.6 is 0 Å². The number of aryl methyl sites for hydroxylation is 2. The second kappa shape index (κ2) is 5.43. The molecule has 1 aromatic rings. The van der Waals surface area contributed by atoms with Crippen molar-refractivity contribution >= 4 is 5.82 Å². The zero-order valence-corrected chi connectivity index (χ0v) is 11.5. The van der Waals surface area contributed by atoms with Gasteiger partial charge >= 0.3 is 0 Å². The van der Waals surface area contributed by atoms with Crippen molar-refractivity contribution in [3.8, 4) is 6.07 Å². The molecule has 1 aromatic heterocycles. The van der Waals surface area contributed by atoms with Gasteiger partial charge in [0.1, 0.15) is 17.5 Å². The Kier molecular flexibility index (Phi) is 3.90. The molecular weight excluding hydrogens is 224 g/mol. The molecule has 18 heavy (non-hydrogen) atoms. The van der Waals surface area contributed by atoms with Crippen LogP contribution in [0.4, 0.5) is 5.82 Å². The van der Waals surface area contributed by atoms with Crippen LogP contribution in [0.3, 0.4) is 0 Å². The number of anilines is 1. The van der Waals surface area contributed by atoms with E-state index in [1.54, 1.807) is 4.68 Å². The Morgan fingerprint density at radius 1 is 1.33 bits per heavy atom. The Bertz CT molecular complexity index is 455. The first-order valence-electron chi connectivity index (χ1n) is 6.82. The number of aromatic nitrogens is 2. The SMILES string of the molecule is Cc1nn(C)c(NC2CCCC(C)CC2)c1C#N. The summed E-state index contributed by atoms with van der Waals surface area (Å²) >= 11 is 0. The molecule has 98 valence electrons. The lowest BCUT2D eigenvalue weighted by Gasteiger charge is -2.18. The van der Waals surface area contributed by atoms with E-state index in [-0.39, 0.29) is 0 Å². The Hall–Kier alpha value is -1.50. The van der Waals surface area contributed by atoms with Gasteiger partial charge in [-0.2, -0.15) is 10.4 Å². The molecular formula is C14H22N4. The van der Waals surface area contributed by atoms with Crippen molar-refractivity contribution < 1.29 is 0 Å². The van der Waals surface area contributed by atoms with Gasteiger partial charge in [0.2, 0.25) is 0 Å². The quantitative estimate of drug-likeness (QED) is 0.816. The summed E-state index contributed by atoms with van der Waals surface area (Å²) in [6.07, 6.45) is 6.26. The van der Waals surface area contributed by atoms with Crippen molar-refractivity contribution in [1.29, 1.82) is 5.26 Å². The largest absolute Gasteiger partial charge is 0.366 e. The van der Waals surface area contributed by atoms with Crippen molar-refractivity contribution in [2.75, 3.05) is 5.32 Å². The van der Waals surface area contributed by atoms with Gasteiger partial charge in [0.05, 0.1) is 5.69 Å². The number of hydrogen-bond acceptors (Lipinski definition) is 3. The first kappa shape index (κ1) is 12.9. The average molecular weight is 246 g/mol. The van der Waals surface area contributed by atoms with E-state index in [1.165, 1.54) is 32.1 Å². The fourth-order valence-electron chi connectivity index (χ4n) is 2.78. The van der Waals surface area contributed by atoms with Crippen LogP contribution in [0.15, 0.2) is 0 Å². The molecule has 4 heteroatoms. The topological polar surface area (TPSA) is 53.6 Å². The van der Waals surface area contributed by atoms with Gasteiger partial charge in [0, 0.05) is 13.1 Å². The lowest BCUT2D eigenvalue weighted by Crippen LogP contribution is -2.20. The molecule has 0 aliphatic heterocycles. The number of hydrogen-bond donors (Lipinski definition) is 1. The molecule has 0 radical (unpaired) electrons. The average Bonchev–Trinajstić information content (AvgIpc) is 2.50. The molecule has 0 saturated heterocycles. The molecule has 1 aliphatic carbocycles. The number of nitrogens with one attached hydrogen (secondary N) is 1. The molecule has 0 spiro atoms. The summed E-state index contributed by atoms with van der Waals surface area (Å²) in [6.45, 7) is 4.22. The van der Waals surface area contributed by atoms with E-state index in [1.807, 2.05) is 14.0 Å². The fraction of sp³-hybridized carbons (Fsp3) is 0.714. The molecule has 0 amide bonds. The van der Waals surface area contributed by atoms with Crippen molar-refractivity contribution in [3.63, 3.8) is 0 Å². The van der Waals surface area contributed by atoms with Gasteiger partial charge < -0.3 is 5.32 Å². The highest BCUT2D eigenvalue weighted by atomic mass is 15.3. The smallest absolute Gasteiger partial charge is 0.142 e. The van der Waals surface area contributed by atoms with E-state index in [4.69, 9.17) is 0 Å². The predicted octanol–water partition coefficient (Wildman–Crippen LogP) is 2.98. The zero-order valence-electron chi connectivity index (χ0n) is 11.5.